The fraction of sp³-hybridized carbons (Fsp3) is 1.00. The van der Waals surface area contributed by atoms with E-state index in [9.17, 15) is 0 Å². The van der Waals surface area contributed by atoms with E-state index in [1.165, 1.54) is 62.9 Å². The van der Waals surface area contributed by atoms with E-state index in [2.05, 4.69) is 31.1 Å². The molecule has 0 bridgehead atoms. The van der Waals surface area contributed by atoms with Crippen molar-refractivity contribution in [3.8, 4) is 0 Å². The zero-order valence-electron chi connectivity index (χ0n) is 13.9. The fourth-order valence-electron chi connectivity index (χ4n) is 5.12. The maximum absolute atomic E-state index is 6.23. The highest BCUT2D eigenvalue weighted by Gasteiger charge is 2.44. The van der Waals surface area contributed by atoms with Crippen LogP contribution in [0, 0.1) is 17.8 Å². The highest BCUT2D eigenvalue weighted by Crippen LogP contribution is 2.44. The van der Waals surface area contributed by atoms with Crippen LogP contribution in [0.15, 0.2) is 0 Å². The summed E-state index contributed by atoms with van der Waals surface area (Å²) in [7, 11) is 2.20. The van der Waals surface area contributed by atoms with Crippen LogP contribution in [-0.2, 0) is 4.74 Å². The summed E-state index contributed by atoms with van der Waals surface area (Å²) in [6, 6.07) is 0.728. The molecule has 3 fully saturated rings. The molecule has 0 radical (unpaired) electrons. The Kier molecular flexibility index (Phi) is 5.55. The number of nitrogens with one attached hydrogen (secondary N) is 1. The molecular weight excluding hydrogens is 278 g/mol. The Morgan fingerprint density at radius 1 is 1.29 bits per heavy atom. The van der Waals surface area contributed by atoms with Crippen molar-refractivity contribution in [1.29, 1.82) is 0 Å². The summed E-state index contributed by atoms with van der Waals surface area (Å²) in [4.78, 5) is 0. The Balaban J connectivity index is 1.64. The molecule has 122 valence electrons. The maximum atomic E-state index is 6.23. The van der Waals surface area contributed by atoms with Gasteiger partial charge >= 0.3 is 0 Å². The summed E-state index contributed by atoms with van der Waals surface area (Å²) in [5, 5.41) is 3.73. The van der Waals surface area contributed by atoms with E-state index >= 15 is 0 Å². The van der Waals surface area contributed by atoms with Gasteiger partial charge in [-0.15, -0.1) is 0 Å². The van der Waals surface area contributed by atoms with Crippen molar-refractivity contribution in [3.63, 3.8) is 0 Å². The van der Waals surface area contributed by atoms with Gasteiger partial charge in [0, 0.05) is 18.4 Å². The van der Waals surface area contributed by atoms with E-state index in [0.717, 1.165) is 30.4 Å². The van der Waals surface area contributed by atoms with Gasteiger partial charge in [0.25, 0.3) is 0 Å². The maximum Gasteiger partial charge on any atom is 0.0783 e. The van der Waals surface area contributed by atoms with Gasteiger partial charge < -0.3 is 10.1 Å². The monoisotopic (exact) mass is 311 g/mol. The molecule has 2 heterocycles. The summed E-state index contributed by atoms with van der Waals surface area (Å²) in [5.74, 6) is 5.27. The standard InChI is InChI=1S/C18H33NOS/c1-3-14-5-4-6-15(11-14)17(19-2)16-7-9-20-18(12-16)8-10-21-13-18/h14-17,19H,3-13H2,1-2H3. The molecule has 0 aromatic carbocycles. The SMILES string of the molecule is CCC1CCCC(C(NC)C2CCOC3(CCSC3)C2)C1. The van der Waals surface area contributed by atoms with E-state index in [-0.39, 0.29) is 5.60 Å². The molecule has 0 aromatic rings. The topological polar surface area (TPSA) is 21.3 Å². The lowest BCUT2D eigenvalue weighted by molar-refractivity contribution is -0.0893. The van der Waals surface area contributed by atoms with E-state index in [1.54, 1.807) is 0 Å². The molecule has 5 unspecified atom stereocenters. The molecule has 0 aromatic heterocycles. The largest absolute Gasteiger partial charge is 0.374 e. The normalized spacial score (nSPS) is 42.3. The average molecular weight is 312 g/mol. The lowest BCUT2D eigenvalue weighted by atomic mass is 9.70. The van der Waals surface area contributed by atoms with Crippen LogP contribution in [0.2, 0.25) is 0 Å². The van der Waals surface area contributed by atoms with Gasteiger partial charge in [-0.05, 0) is 62.7 Å². The van der Waals surface area contributed by atoms with Gasteiger partial charge in [0.2, 0.25) is 0 Å². The fourth-order valence-corrected chi connectivity index (χ4v) is 6.50. The van der Waals surface area contributed by atoms with Crippen LogP contribution >= 0.6 is 11.8 Å². The molecule has 1 N–H and O–H groups in total. The van der Waals surface area contributed by atoms with Crippen molar-refractivity contribution in [3.05, 3.63) is 0 Å². The molecule has 1 spiro atoms. The summed E-state index contributed by atoms with van der Waals surface area (Å²) in [6.07, 6.45) is 11.1. The number of rotatable bonds is 4. The predicted molar refractivity (Wildman–Crippen MR) is 91.9 cm³/mol. The summed E-state index contributed by atoms with van der Waals surface area (Å²) < 4.78 is 6.23. The van der Waals surface area contributed by atoms with Crippen LogP contribution in [0.4, 0.5) is 0 Å². The van der Waals surface area contributed by atoms with E-state index in [0.29, 0.717) is 0 Å². The Bertz CT molecular complexity index is 329. The Hall–Kier alpha value is 0.270. The minimum absolute atomic E-state index is 0.238. The van der Waals surface area contributed by atoms with E-state index < -0.39 is 0 Å². The number of ether oxygens (including phenoxy) is 1. The van der Waals surface area contributed by atoms with Crippen LogP contribution < -0.4 is 5.32 Å². The van der Waals surface area contributed by atoms with Crippen LogP contribution in [0.3, 0.4) is 0 Å². The second-order valence-corrected chi connectivity index (χ2v) is 8.71. The van der Waals surface area contributed by atoms with Crippen molar-refractivity contribution in [2.45, 2.75) is 69.9 Å². The third-order valence-corrected chi connectivity index (χ3v) is 7.57. The van der Waals surface area contributed by atoms with Gasteiger partial charge in [0.15, 0.2) is 0 Å². The van der Waals surface area contributed by atoms with Gasteiger partial charge in [0.1, 0.15) is 0 Å². The molecule has 1 saturated carbocycles. The molecule has 21 heavy (non-hydrogen) atoms. The molecule has 3 aliphatic rings. The van der Waals surface area contributed by atoms with E-state index in [1.807, 2.05) is 0 Å². The highest BCUT2D eigenvalue weighted by molar-refractivity contribution is 7.99. The quantitative estimate of drug-likeness (QED) is 0.845. The second kappa shape index (κ2) is 7.23. The van der Waals surface area contributed by atoms with Crippen LogP contribution in [0.25, 0.3) is 0 Å². The molecule has 3 rings (SSSR count). The van der Waals surface area contributed by atoms with Gasteiger partial charge in [-0.2, -0.15) is 11.8 Å². The zero-order valence-corrected chi connectivity index (χ0v) is 14.7. The number of hydrogen-bond acceptors (Lipinski definition) is 3. The third kappa shape index (κ3) is 3.61. The first-order chi connectivity index (χ1) is 10.3. The van der Waals surface area contributed by atoms with Crippen LogP contribution in [0.1, 0.15) is 58.3 Å². The first-order valence-electron chi connectivity index (χ1n) is 9.15. The Morgan fingerprint density at radius 3 is 2.90 bits per heavy atom. The minimum atomic E-state index is 0.238. The first kappa shape index (κ1) is 16.1. The van der Waals surface area contributed by atoms with Gasteiger partial charge in [-0.1, -0.05) is 26.2 Å². The summed E-state index contributed by atoms with van der Waals surface area (Å²) in [6.45, 7) is 3.37. The highest BCUT2D eigenvalue weighted by atomic mass is 32.2. The lowest BCUT2D eigenvalue weighted by Crippen LogP contribution is -2.49. The molecule has 5 atom stereocenters. The average Bonchev–Trinajstić information content (AvgIpc) is 2.96. The van der Waals surface area contributed by atoms with Gasteiger partial charge in [-0.3, -0.25) is 0 Å². The van der Waals surface area contributed by atoms with Gasteiger partial charge in [0.05, 0.1) is 5.60 Å². The van der Waals surface area contributed by atoms with Crippen molar-refractivity contribution in [2.24, 2.45) is 17.8 Å². The molecule has 0 amide bonds. The van der Waals surface area contributed by atoms with Crippen molar-refractivity contribution >= 4 is 11.8 Å². The molecule has 1 aliphatic carbocycles. The van der Waals surface area contributed by atoms with E-state index in [4.69, 9.17) is 4.74 Å². The molecule has 2 saturated heterocycles. The Labute approximate surface area is 135 Å². The Morgan fingerprint density at radius 2 is 2.19 bits per heavy atom. The van der Waals surface area contributed by atoms with Gasteiger partial charge in [-0.25, -0.2) is 0 Å². The number of thioether (sulfide) groups is 1. The van der Waals surface area contributed by atoms with Crippen LogP contribution in [-0.4, -0.2) is 36.8 Å². The van der Waals surface area contributed by atoms with Crippen molar-refractivity contribution < 1.29 is 4.74 Å². The smallest absolute Gasteiger partial charge is 0.0783 e. The molecule has 2 nitrogen and oxygen atoms in total. The summed E-state index contributed by atoms with van der Waals surface area (Å²) >= 11 is 2.09. The molecule has 3 heteroatoms. The molecule has 2 aliphatic heterocycles. The second-order valence-electron chi connectivity index (χ2n) is 7.60. The first-order valence-corrected chi connectivity index (χ1v) is 10.3. The zero-order chi connectivity index (χ0) is 14.7. The predicted octanol–water partition coefficient (Wildman–Crippen LogP) is 4.09. The minimum Gasteiger partial charge on any atom is -0.374 e. The lowest BCUT2D eigenvalue weighted by Gasteiger charge is -2.44. The third-order valence-electron chi connectivity index (χ3n) is 6.35. The summed E-state index contributed by atoms with van der Waals surface area (Å²) in [5.41, 5.74) is 0.238. The van der Waals surface area contributed by atoms with Crippen LogP contribution in [0.5, 0.6) is 0 Å². The number of hydrogen-bond donors (Lipinski definition) is 1. The van der Waals surface area contributed by atoms with Crippen molar-refractivity contribution in [2.75, 3.05) is 25.2 Å². The van der Waals surface area contributed by atoms with Crippen molar-refractivity contribution in [1.82, 2.24) is 5.32 Å². The molecular formula is C18H33NOS.